The van der Waals surface area contributed by atoms with Crippen LogP contribution in [0.2, 0.25) is 0 Å². The molecule has 43 heavy (non-hydrogen) atoms. The van der Waals surface area contributed by atoms with E-state index in [1.807, 2.05) is 19.1 Å². The Hall–Kier alpha value is -4.75. The number of fused-ring (bicyclic) bond motifs is 2. The molecular weight excluding hydrogens is 592 g/mol. The van der Waals surface area contributed by atoms with Crippen LogP contribution < -0.4 is 19.8 Å². The summed E-state index contributed by atoms with van der Waals surface area (Å²) in [6.45, 7) is 1.59. The molecule has 1 aromatic heterocycles. The van der Waals surface area contributed by atoms with E-state index in [4.69, 9.17) is 4.74 Å². The number of nitrogens with one attached hydrogen (secondary N) is 1. The summed E-state index contributed by atoms with van der Waals surface area (Å²) in [4.78, 5) is 66.1. The first kappa shape index (κ1) is 28.4. The van der Waals surface area contributed by atoms with E-state index in [2.05, 4.69) is 5.32 Å². The van der Waals surface area contributed by atoms with E-state index in [0.29, 0.717) is 26.9 Å². The smallest absolute Gasteiger partial charge is 0.308 e. The molecule has 1 N–H and O–H groups in total. The molecule has 0 bridgehead atoms. The number of methoxy groups -OCH3 is 1. The van der Waals surface area contributed by atoms with Crippen molar-refractivity contribution in [3.8, 4) is 5.75 Å². The molecule has 3 atom stereocenters. The second kappa shape index (κ2) is 11.2. The van der Waals surface area contributed by atoms with Crippen molar-refractivity contribution < 1.29 is 24.0 Å². The van der Waals surface area contributed by atoms with Gasteiger partial charge in [0.2, 0.25) is 17.7 Å². The van der Waals surface area contributed by atoms with Gasteiger partial charge in [-0.2, -0.15) is 0 Å². The van der Waals surface area contributed by atoms with Crippen LogP contribution in [0.3, 0.4) is 0 Å². The summed E-state index contributed by atoms with van der Waals surface area (Å²) in [7, 11) is 1.54. The van der Waals surface area contributed by atoms with E-state index >= 15 is 0 Å². The lowest BCUT2D eigenvalue weighted by Crippen LogP contribution is -2.33. The van der Waals surface area contributed by atoms with Crippen LogP contribution in [-0.2, 0) is 20.9 Å². The molecule has 2 aliphatic heterocycles. The molecule has 3 aromatic carbocycles. The standard InChI is InChI=1S/C30H24N4O7S2/c1-16-5-3-4-6-21(16)31-22(35)15-32-29-26(43-30(32)38)23(17-7-13-20(41-2)14-8-17)24-25(42-29)28(37)33(27(24)36)18-9-11-19(12-10-18)34(39)40/h3-14,23-25H,15H2,1-2H3,(H,31,35). The molecule has 13 heteroatoms. The lowest BCUT2D eigenvalue weighted by molar-refractivity contribution is -0.384. The van der Waals surface area contributed by atoms with Gasteiger partial charge in [0.05, 0.1) is 28.7 Å². The van der Waals surface area contributed by atoms with Gasteiger partial charge in [-0.05, 0) is 48.4 Å². The fourth-order valence-corrected chi connectivity index (χ4v) is 8.22. The van der Waals surface area contributed by atoms with Crippen LogP contribution in [0.4, 0.5) is 17.1 Å². The second-order valence-corrected chi connectivity index (χ2v) is 12.2. The Balaban J connectivity index is 1.40. The number of non-ortho nitro benzene ring substituents is 1. The Morgan fingerprint density at radius 1 is 1.00 bits per heavy atom. The molecule has 0 spiro atoms. The minimum atomic E-state index is -0.887. The van der Waals surface area contributed by atoms with Gasteiger partial charge in [0.1, 0.15) is 17.5 Å². The molecule has 6 rings (SSSR count). The maximum absolute atomic E-state index is 14.0. The summed E-state index contributed by atoms with van der Waals surface area (Å²) in [6.07, 6.45) is 0. The van der Waals surface area contributed by atoms with Crippen LogP contribution in [0, 0.1) is 23.0 Å². The largest absolute Gasteiger partial charge is 0.497 e. The Morgan fingerprint density at radius 2 is 1.70 bits per heavy atom. The predicted molar refractivity (Wildman–Crippen MR) is 162 cm³/mol. The van der Waals surface area contributed by atoms with Crippen molar-refractivity contribution >= 4 is 57.9 Å². The lowest BCUT2D eigenvalue weighted by Gasteiger charge is -2.30. The molecule has 218 valence electrons. The lowest BCUT2D eigenvalue weighted by atomic mass is 9.83. The molecule has 3 amide bonds. The minimum Gasteiger partial charge on any atom is -0.497 e. The minimum absolute atomic E-state index is 0.166. The van der Waals surface area contributed by atoms with Crippen LogP contribution in [0.15, 0.2) is 82.6 Å². The summed E-state index contributed by atoms with van der Waals surface area (Å²) in [5.74, 6) is -2.25. The van der Waals surface area contributed by atoms with Gasteiger partial charge >= 0.3 is 4.87 Å². The normalized spacial score (nSPS) is 19.1. The number of benzene rings is 3. The number of imide groups is 1. The van der Waals surface area contributed by atoms with Gasteiger partial charge in [0, 0.05) is 28.6 Å². The first-order valence-corrected chi connectivity index (χ1v) is 14.9. The third kappa shape index (κ3) is 5.00. The Kier molecular flexibility index (Phi) is 7.36. The number of nitro benzene ring substituents is 1. The molecule has 1 fully saturated rings. The Morgan fingerprint density at radius 3 is 2.35 bits per heavy atom. The summed E-state index contributed by atoms with van der Waals surface area (Å²) >= 11 is 2.05. The highest BCUT2D eigenvalue weighted by Crippen LogP contribution is 2.54. The van der Waals surface area contributed by atoms with Gasteiger partial charge in [0.15, 0.2) is 0 Å². The average molecular weight is 617 g/mol. The van der Waals surface area contributed by atoms with E-state index in [1.165, 1.54) is 35.9 Å². The number of carbonyl (C=O) groups is 3. The highest BCUT2D eigenvalue weighted by molar-refractivity contribution is 8.00. The van der Waals surface area contributed by atoms with Gasteiger partial charge in [-0.25, -0.2) is 4.90 Å². The van der Waals surface area contributed by atoms with E-state index in [1.54, 1.807) is 36.4 Å². The summed E-state index contributed by atoms with van der Waals surface area (Å²) < 4.78 is 6.66. The number of thiazole rings is 1. The van der Waals surface area contributed by atoms with Gasteiger partial charge < -0.3 is 10.1 Å². The first-order valence-electron chi connectivity index (χ1n) is 13.2. The fraction of sp³-hybridized carbons (Fsp3) is 0.200. The molecule has 0 saturated carbocycles. The highest BCUT2D eigenvalue weighted by atomic mass is 32.2. The second-order valence-electron chi connectivity index (χ2n) is 10.1. The summed E-state index contributed by atoms with van der Waals surface area (Å²) in [5, 5.41) is 13.6. The molecular formula is C30H24N4O7S2. The molecule has 0 radical (unpaired) electrons. The number of para-hydroxylation sites is 1. The molecule has 2 aliphatic rings. The number of carbonyl (C=O) groups excluding carboxylic acids is 3. The topological polar surface area (TPSA) is 141 Å². The van der Waals surface area contributed by atoms with Crippen LogP contribution in [0.1, 0.15) is 21.9 Å². The van der Waals surface area contributed by atoms with Crippen LogP contribution in [-0.4, -0.2) is 39.6 Å². The van der Waals surface area contributed by atoms with Crippen molar-refractivity contribution in [3.63, 3.8) is 0 Å². The summed E-state index contributed by atoms with van der Waals surface area (Å²) in [6, 6.07) is 19.6. The van der Waals surface area contributed by atoms with Crippen molar-refractivity contribution in [2.75, 3.05) is 17.3 Å². The number of hydrogen-bond donors (Lipinski definition) is 1. The molecule has 1 saturated heterocycles. The average Bonchev–Trinajstić information content (AvgIpc) is 3.44. The number of aromatic nitrogens is 1. The van der Waals surface area contributed by atoms with Crippen molar-refractivity contribution in [1.29, 1.82) is 0 Å². The number of rotatable bonds is 7. The number of thioether (sulfide) groups is 1. The number of ether oxygens (including phenoxy) is 1. The molecule has 3 heterocycles. The predicted octanol–water partition coefficient (Wildman–Crippen LogP) is 4.57. The number of nitrogens with zero attached hydrogens (tertiary/aromatic N) is 3. The zero-order chi connectivity index (χ0) is 30.4. The van der Waals surface area contributed by atoms with E-state index in [-0.39, 0.29) is 22.8 Å². The Labute approximate surface area is 253 Å². The van der Waals surface area contributed by atoms with Crippen molar-refractivity contribution in [2.24, 2.45) is 5.92 Å². The molecule has 0 aliphatic carbocycles. The quantitative estimate of drug-likeness (QED) is 0.181. The van der Waals surface area contributed by atoms with Gasteiger partial charge in [-0.1, -0.05) is 53.4 Å². The summed E-state index contributed by atoms with van der Waals surface area (Å²) in [5.41, 5.74) is 2.27. The van der Waals surface area contributed by atoms with Gasteiger partial charge in [-0.3, -0.25) is 33.9 Å². The molecule has 11 nitrogen and oxygen atoms in total. The van der Waals surface area contributed by atoms with E-state index < -0.39 is 39.7 Å². The number of amides is 3. The van der Waals surface area contributed by atoms with Gasteiger partial charge in [0.25, 0.3) is 5.69 Å². The highest BCUT2D eigenvalue weighted by Gasteiger charge is 2.56. The monoisotopic (exact) mass is 616 g/mol. The number of hydrogen-bond acceptors (Lipinski definition) is 9. The zero-order valence-electron chi connectivity index (χ0n) is 22.9. The van der Waals surface area contributed by atoms with Crippen LogP contribution >= 0.6 is 23.1 Å². The SMILES string of the molecule is COc1ccc(C2c3sc(=O)n(CC(=O)Nc4ccccc4C)c3SC3C(=O)N(c4ccc([N+](=O)[O-])cc4)C(=O)C32)cc1. The number of nitro groups is 1. The number of anilines is 2. The third-order valence-corrected chi connectivity index (χ3v) is 10.2. The first-order chi connectivity index (χ1) is 20.7. The Bertz CT molecular complexity index is 1830. The third-order valence-electron chi connectivity index (χ3n) is 7.56. The van der Waals surface area contributed by atoms with Crippen molar-refractivity contribution in [2.45, 2.75) is 29.7 Å². The molecule has 4 aromatic rings. The van der Waals surface area contributed by atoms with E-state index in [0.717, 1.165) is 33.6 Å². The maximum Gasteiger partial charge on any atom is 0.308 e. The molecule has 3 unspecified atom stereocenters. The van der Waals surface area contributed by atoms with Crippen LogP contribution in [0.25, 0.3) is 0 Å². The van der Waals surface area contributed by atoms with Crippen LogP contribution in [0.5, 0.6) is 5.75 Å². The fourth-order valence-electron chi connectivity index (χ4n) is 5.45. The number of aryl methyl sites for hydroxylation is 1. The zero-order valence-corrected chi connectivity index (χ0v) is 24.5. The van der Waals surface area contributed by atoms with Gasteiger partial charge in [-0.15, -0.1) is 0 Å². The van der Waals surface area contributed by atoms with Crippen molar-refractivity contribution in [3.05, 3.63) is 109 Å². The maximum atomic E-state index is 14.0. The van der Waals surface area contributed by atoms with Crippen molar-refractivity contribution in [1.82, 2.24) is 4.57 Å². The van der Waals surface area contributed by atoms with E-state index in [9.17, 15) is 29.3 Å².